The zero-order valence-corrected chi connectivity index (χ0v) is 16.6. The van der Waals surface area contributed by atoms with E-state index in [1.54, 1.807) is 17.0 Å². The molecule has 2 heterocycles. The maximum absolute atomic E-state index is 12.5. The van der Waals surface area contributed by atoms with Crippen LogP contribution in [0.4, 0.5) is 5.69 Å². The predicted octanol–water partition coefficient (Wildman–Crippen LogP) is 1.87. The largest absolute Gasteiger partial charge is 0.486 e. The summed E-state index contributed by atoms with van der Waals surface area (Å²) in [6, 6.07) is 5.42. The van der Waals surface area contributed by atoms with Crippen LogP contribution in [-0.2, 0) is 9.59 Å². The summed E-state index contributed by atoms with van der Waals surface area (Å²) in [6.45, 7) is 5.82. The lowest BCUT2D eigenvalue weighted by atomic mass is 9.94. The molecule has 0 spiro atoms. The number of carbonyl (C=O) groups excluding carboxylic acids is 2. The Morgan fingerprint density at radius 1 is 1.26 bits per heavy atom. The zero-order chi connectivity index (χ0) is 18.7. The molecule has 0 bridgehead atoms. The third kappa shape index (κ3) is 4.65. The van der Waals surface area contributed by atoms with E-state index in [2.05, 4.69) is 5.32 Å². The van der Waals surface area contributed by atoms with Crippen molar-refractivity contribution in [3.05, 3.63) is 18.2 Å². The van der Waals surface area contributed by atoms with Crippen molar-refractivity contribution in [3.8, 4) is 11.5 Å². The van der Waals surface area contributed by atoms with E-state index in [1.807, 2.05) is 19.9 Å². The van der Waals surface area contributed by atoms with E-state index in [0.29, 0.717) is 37.8 Å². The molecule has 0 radical (unpaired) electrons. The van der Waals surface area contributed by atoms with E-state index >= 15 is 0 Å². The number of amides is 2. The second-order valence-electron chi connectivity index (χ2n) is 7.02. The fraction of sp³-hybridized carbons (Fsp3) is 0.579. The number of benzene rings is 1. The van der Waals surface area contributed by atoms with E-state index in [0.717, 1.165) is 18.5 Å². The topological polar surface area (TPSA) is 93.9 Å². The minimum absolute atomic E-state index is 0. The summed E-state index contributed by atoms with van der Waals surface area (Å²) < 4.78 is 11.1. The van der Waals surface area contributed by atoms with E-state index in [9.17, 15) is 9.59 Å². The van der Waals surface area contributed by atoms with Gasteiger partial charge in [-0.05, 0) is 25.0 Å². The molecule has 2 aliphatic heterocycles. The molecule has 7 nitrogen and oxygen atoms in total. The van der Waals surface area contributed by atoms with Crippen LogP contribution in [0.15, 0.2) is 18.2 Å². The molecule has 1 saturated heterocycles. The summed E-state index contributed by atoms with van der Waals surface area (Å²) in [6.07, 6.45) is 1.78. The highest BCUT2D eigenvalue weighted by atomic mass is 35.5. The van der Waals surface area contributed by atoms with Gasteiger partial charge < -0.3 is 25.4 Å². The van der Waals surface area contributed by atoms with Crippen molar-refractivity contribution in [2.24, 2.45) is 11.7 Å². The Hall–Kier alpha value is -1.99. The number of nitrogens with two attached hydrogens (primary N) is 1. The minimum Gasteiger partial charge on any atom is -0.486 e. The number of hydrogen-bond acceptors (Lipinski definition) is 5. The SMILES string of the molecule is CCC(N)(CC)CNC(=O)C1CC(=O)N(c2ccc3c(c2)OCCO3)C1.Cl. The van der Waals surface area contributed by atoms with Gasteiger partial charge in [-0.25, -0.2) is 0 Å². The normalized spacial score (nSPS) is 18.9. The van der Waals surface area contributed by atoms with Gasteiger partial charge in [-0.15, -0.1) is 12.4 Å². The average Bonchev–Trinajstić information content (AvgIpc) is 3.07. The first-order valence-corrected chi connectivity index (χ1v) is 9.22. The Bertz CT molecular complexity index is 694. The number of carbonyl (C=O) groups is 2. The molecule has 27 heavy (non-hydrogen) atoms. The Labute approximate surface area is 166 Å². The lowest BCUT2D eigenvalue weighted by Crippen LogP contribution is -2.50. The molecule has 1 atom stereocenters. The van der Waals surface area contributed by atoms with E-state index in [-0.39, 0.29) is 36.6 Å². The van der Waals surface area contributed by atoms with Crippen molar-refractivity contribution in [3.63, 3.8) is 0 Å². The number of fused-ring (bicyclic) bond motifs is 1. The Morgan fingerprint density at radius 3 is 2.59 bits per heavy atom. The van der Waals surface area contributed by atoms with Gasteiger partial charge in [0.15, 0.2) is 11.5 Å². The molecule has 0 aromatic heterocycles. The molecule has 2 amide bonds. The van der Waals surface area contributed by atoms with Crippen LogP contribution in [0.5, 0.6) is 11.5 Å². The van der Waals surface area contributed by atoms with Crippen LogP contribution < -0.4 is 25.4 Å². The second kappa shape index (κ2) is 8.80. The number of halogens is 1. The van der Waals surface area contributed by atoms with Gasteiger partial charge in [0.25, 0.3) is 0 Å². The van der Waals surface area contributed by atoms with Crippen LogP contribution in [0.25, 0.3) is 0 Å². The van der Waals surface area contributed by atoms with Gasteiger partial charge in [0.2, 0.25) is 11.8 Å². The number of rotatable bonds is 6. The lowest BCUT2D eigenvalue weighted by molar-refractivity contribution is -0.126. The summed E-state index contributed by atoms with van der Waals surface area (Å²) >= 11 is 0. The van der Waals surface area contributed by atoms with Gasteiger partial charge in [0.1, 0.15) is 13.2 Å². The van der Waals surface area contributed by atoms with Crippen LogP contribution in [0.1, 0.15) is 33.1 Å². The second-order valence-corrected chi connectivity index (χ2v) is 7.02. The number of anilines is 1. The average molecular weight is 398 g/mol. The molecular formula is C19H28ClN3O4. The summed E-state index contributed by atoms with van der Waals surface area (Å²) in [5, 5.41) is 2.92. The molecule has 8 heteroatoms. The van der Waals surface area contributed by atoms with Gasteiger partial charge in [0, 0.05) is 36.8 Å². The highest BCUT2D eigenvalue weighted by Crippen LogP contribution is 2.36. The molecule has 3 rings (SSSR count). The van der Waals surface area contributed by atoms with Crippen molar-refractivity contribution < 1.29 is 19.1 Å². The highest BCUT2D eigenvalue weighted by molar-refractivity contribution is 6.00. The van der Waals surface area contributed by atoms with Crippen LogP contribution in [0.3, 0.4) is 0 Å². The summed E-state index contributed by atoms with van der Waals surface area (Å²) in [5.41, 5.74) is 6.57. The van der Waals surface area contributed by atoms with E-state index in [4.69, 9.17) is 15.2 Å². The van der Waals surface area contributed by atoms with Gasteiger partial charge in [0.05, 0.1) is 5.92 Å². The van der Waals surface area contributed by atoms with Crippen molar-refractivity contribution >= 4 is 29.9 Å². The Balaban J connectivity index is 0.00000261. The molecule has 150 valence electrons. The minimum atomic E-state index is -0.395. The number of hydrogen-bond donors (Lipinski definition) is 2. The molecule has 1 aromatic rings. The molecule has 1 fully saturated rings. The third-order valence-corrected chi connectivity index (χ3v) is 5.36. The predicted molar refractivity (Wildman–Crippen MR) is 106 cm³/mol. The lowest BCUT2D eigenvalue weighted by Gasteiger charge is -2.27. The quantitative estimate of drug-likeness (QED) is 0.764. The molecule has 0 aliphatic carbocycles. The van der Waals surface area contributed by atoms with Crippen molar-refractivity contribution in [1.82, 2.24) is 5.32 Å². The molecule has 0 saturated carbocycles. The van der Waals surface area contributed by atoms with Gasteiger partial charge in [-0.2, -0.15) is 0 Å². The van der Waals surface area contributed by atoms with Crippen LogP contribution in [0.2, 0.25) is 0 Å². The van der Waals surface area contributed by atoms with E-state index in [1.165, 1.54) is 0 Å². The summed E-state index contributed by atoms with van der Waals surface area (Å²) in [7, 11) is 0. The van der Waals surface area contributed by atoms with Crippen LogP contribution in [-0.4, -0.2) is 43.7 Å². The molecule has 1 aromatic carbocycles. The fourth-order valence-corrected chi connectivity index (χ4v) is 3.24. The molecule has 1 unspecified atom stereocenters. The van der Waals surface area contributed by atoms with Gasteiger partial charge in [-0.1, -0.05) is 13.8 Å². The molecular weight excluding hydrogens is 370 g/mol. The zero-order valence-electron chi connectivity index (χ0n) is 15.8. The molecule has 3 N–H and O–H groups in total. The third-order valence-electron chi connectivity index (χ3n) is 5.36. The molecule has 2 aliphatic rings. The summed E-state index contributed by atoms with van der Waals surface area (Å²) in [4.78, 5) is 26.5. The summed E-state index contributed by atoms with van der Waals surface area (Å²) in [5.74, 6) is 0.767. The fourth-order valence-electron chi connectivity index (χ4n) is 3.24. The first-order chi connectivity index (χ1) is 12.5. The highest BCUT2D eigenvalue weighted by Gasteiger charge is 2.36. The van der Waals surface area contributed by atoms with Crippen LogP contribution in [0, 0.1) is 5.92 Å². The van der Waals surface area contributed by atoms with Crippen molar-refractivity contribution in [2.45, 2.75) is 38.6 Å². The Morgan fingerprint density at radius 2 is 1.93 bits per heavy atom. The number of nitrogens with one attached hydrogen (secondary N) is 1. The maximum atomic E-state index is 12.5. The maximum Gasteiger partial charge on any atom is 0.227 e. The first-order valence-electron chi connectivity index (χ1n) is 9.22. The van der Waals surface area contributed by atoms with E-state index < -0.39 is 5.54 Å². The smallest absolute Gasteiger partial charge is 0.227 e. The van der Waals surface area contributed by atoms with Crippen LogP contribution >= 0.6 is 12.4 Å². The van der Waals surface area contributed by atoms with Crippen molar-refractivity contribution in [2.75, 3.05) is 31.2 Å². The van der Waals surface area contributed by atoms with Gasteiger partial charge in [-0.3, -0.25) is 9.59 Å². The number of ether oxygens (including phenoxy) is 2. The number of nitrogens with zero attached hydrogens (tertiary/aromatic N) is 1. The van der Waals surface area contributed by atoms with Gasteiger partial charge >= 0.3 is 0 Å². The monoisotopic (exact) mass is 397 g/mol. The van der Waals surface area contributed by atoms with Crippen molar-refractivity contribution in [1.29, 1.82) is 0 Å². The Kier molecular flexibility index (Phi) is 6.95. The first kappa shape index (κ1) is 21.3. The standard InChI is InChI=1S/C19H27N3O4.ClH/c1-3-19(20,4-2)12-21-18(24)13-9-17(23)22(11-13)14-5-6-15-16(10-14)26-8-7-25-15;/h5-6,10,13H,3-4,7-9,11-12,20H2,1-2H3,(H,21,24);1H.